The number of benzene rings is 2. The lowest BCUT2D eigenvalue weighted by Gasteiger charge is -2.31. The Hall–Kier alpha value is -3.01. The molecule has 3 aromatic rings. The molecule has 4 heteroatoms. The van der Waals surface area contributed by atoms with Crippen molar-refractivity contribution in [2.24, 2.45) is 0 Å². The zero-order valence-electron chi connectivity index (χ0n) is 14.9. The van der Waals surface area contributed by atoms with Crippen molar-refractivity contribution in [1.29, 1.82) is 0 Å². The Morgan fingerprint density at radius 1 is 0.962 bits per heavy atom. The first kappa shape index (κ1) is 16.5. The van der Waals surface area contributed by atoms with E-state index in [1.807, 2.05) is 74.5 Å². The predicted molar refractivity (Wildman–Crippen MR) is 99.6 cm³/mol. The molecule has 2 unspecified atom stereocenters. The average molecular weight is 347 g/mol. The average Bonchev–Trinajstić information content (AvgIpc) is 2.67. The maximum Gasteiger partial charge on any atom is 0.177 e. The Bertz CT molecular complexity index is 878. The van der Waals surface area contributed by atoms with Gasteiger partial charge in [0.25, 0.3) is 0 Å². The van der Waals surface area contributed by atoms with Gasteiger partial charge in [-0.3, -0.25) is 4.98 Å². The highest BCUT2D eigenvalue weighted by Gasteiger charge is 2.30. The molecule has 4 rings (SSSR count). The zero-order valence-corrected chi connectivity index (χ0v) is 14.9. The van der Waals surface area contributed by atoms with Gasteiger partial charge in [0.05, 0.1) is 11.9 Å². The first-order chi connectivity index (χ1) is 12.7. The van der Waals surface area contributed by atoms with Gasteiger partial charge in [-0.2, -0.15) is 0 Å². The summed E-state index contributed by atoms with van der Waals surface area (Å²) in [6.07, 6.45) is 1.38. The van der Waals surface area contributed by atoms with E-state index in [1.54, 1.807) is 6.20 Å². The fraction of sp³-hybridized carbons (Fsp3) is 0.227. The van der Waals surface area contributed by atoms with Crippen LogP contribution in [0.2, 0.25) is 0 Å². The highest BCUT2D eigenvalue weighted by atomic mass is 16.6. The molecule has 1 aliphatic heterocycles. The number of fused-ring (bicyclic) bond motifs is 1. The molecule has 26 heavy (non-hydrogen) atoms. The second kappa shape index (κ2) is 7.08. The van der Waals surface area contributed by atoms with Crippen molar-refractivity contribution in [3.05, 3.63) is 83.7 Å². The fourth-order valence-electron chi connectivity index (χ4n) is 2.99. The third-order valence-corrected chi connectivity index (χ3v) is 4.39. The lowest BCUT2D eigenvalue weighted by molar-refractivity contribution is 0.0281. The van der Waals surface area contributed by atoms with Gasteiger partial charge in [-0.05, 0) is 49.2 Å². The summed E-state index contributed by atoms with van der Waals surface area (Å²) in [7, 11) is 0. The lowest BCUT2D eigenvalue weighted by Crippen LogP contribution is -2.31. The number of aryl methyl sites for hydroxylation is 1. The quantitative estimate of drug-likeness (QED) is 0.675. The fourth-order valence-corrected chi connectivity index (χ4v) is 2.99. The predicted octanol–water partition coefficient (Wildman–Crippen LogP) is 4.87. The van der Waals surface area contributed by atoms with Gasteiger partial charge in [0.15, 0.2) is 17.6 Å². The maximum atomic E-state index is 6.15. The summed E-state index contributed by atoms with van der Waals surface area (Å²) in [6.45, 7) is 4.55. The molecule has 0 amide bonds. The van der Waals surface area contributed by atoms with Gasteiger partial charge in [-0.15, -0.1) is 0 Å². The Morgan fingerprint density at radius 2 is 1.81 bits per heavy atom. The molecule has 2 aromatic carbocycles. The van der Waals surface area contributed by atoms with Crippen molar-refractivity contribution in [3.63, 3.8) is 0 Å². The molecule has 1 aromatic heterocycles. The molecule has 0 radical (unpaired) electrons. The second-order valence-electron chi connectivity index (χ2n) is 6.50. The number of rotatable bonds is 4. The van der Waals surface area contributed by atoms with Crippen LogP contribution in [-0.4, -0.2) is 11.1 Å². The SMILES string of the molecule is Cc1ccc2c(c1)OC(c1ccc(OCc3ccccc3)cn1)C(C)O2. The molecule has 1 aliphatic rings. The molecule has 0 aliphatic carbocycles. The van der Waals surface area contributed by atoms with Gasteiger partial charge in [-0.25, -0.2) is 0 Å². The first-order valence-electron chi connectivity index (χ1n) is 8.76. The van der Waals surface area contributed by atoms with Crippen molar-refractivity contribution in [2.75, 3.05) is 0 Å². The summed E-state index contributed by atoms with van der Waals surface area (Å²) in [4.78, 5) is 4.53. The van der Waals surface area contributed by atoms with Crippen LogP contribution in [0.25, 0.3) is 0 Å². The zero-order chi connectivity index (χ0) is 17.9. The molecule has 0 saturated heterocycles. The van der Waals surface area contributed by atoms with Gasteiger partial charge in [-0.1, -0.05) is 36.4 Å². The monoisotopic (exact) mass is 347 g/mol. The first-order valence-corrected chi connectivity index (χ1v) is 8.76. The van der Waals surface area contributed by atoms with Crippen LogP contribution in [-0.2, 0) is 6.61 Å². The maximum absolute atomic E-state index is 6.15. The highest BCUT2D eigenvalue weighted by Crippen LogP contribution is 2.39. The van der Waals surface area contributed by atoms with Crippen LogP contribution in [0.15, 0.2) is 66.9 Å². The minimum absolute atomic E-state index is 0.117. The van der Waals surface area contributed by atoms with Crippen LogP contribution < -0.4 is 14.2 Å². The molecule has 132 valence electrons. The Morgan fingerprint density at radius 3 is 2.58 bits per heavy atom. The molecular formula is C22H21NO3. The van der Waals surface area contributed by atoms with Gasteiger partial charge < -0.3 is 14.2 Å². The number of ether oxygens (including phenoxy) is 3. The van der Waals surface area contributed by atoms with Crippen LogP contribution in [0, 0.1) is 6.92 Å². The number of aromatic nitrogens is 1. The van der Waals surface area contributed by atoms with Gasteiger partial charge in [0.1, 0.15) is 18.5 Å². The molecule has 0 N–H and O–H groups in total. The van der Waals surface area contributed by atoms with Gasteiger partial charge in [0, 0.05) is 0 Å². The molecule has 0 spiro atoms. The van der Waals surface area contributed by atoms with E-state index in [9.17, 15) is 0 Å². The van der Waals surface area contributed by atoms with Crippen molar-refractivity contribution < 1.29 is 14.2 Å². The molecule has 4 nitrogen and oxygen atoms in total. The molecular weight excluding hydrogens is 326 g/mol. The number of hydrogen-bond donors (Lipinski definition) is 0. The highest BCUT2D eigenvalue weighted by molar-refractivity contribution is 5.44. The summed E-state index contributed by atoms with van der Waals surface area (Å²) in [5.74, 6) is 2.28. The van der Waals surface area contributed by atoms with Gasteiger partial charge >= 0.3 is 0 Å². The van der Waals surface area contributed by atoms with E-state index in [2.05, 4.69) is 4.98 Å². The van der Waals surface area contributed by atoms with E-state index >= 15 is 0 Å². The third kappa shape index (κ3) is 3.49. The summed E-state index contributed by atoms with van der Waals surface area (Å²) in [5.41, 5.74) is 3.09. The normalized spacial score (nSPS) is 18.4. The topological polar surface area (TPSA) is 40.6 Å². The van der Waals surface area contributed by atoms with E-state index in [1.165, 1.54) is 0 Å². The van der Waals surface area contributed by atoms with Crippen LogP contribution in [0.3, 0.4) is 0 Å². The van der Waals surface area contributed by atoms with E-state index in [0.717, 1.165) is 34.1 Å². The standard InChI is InChI=1S/C22H21NO3/c1-15-8-11-20-21(12-15)26-22(16(2)25-20)19-10-9-18(13-23-19)24-14-17-6-4-3-5-7-17/h3-13,16,22H,14H2,1-2H3. The summed E-state index contributed by atoms with van der Waals surface area (Å²) in [5, 5.41) is 0. The number of nitrogens with zero attached hydrogens (tertiary/aromatic N) is 1. The number of hydrogen-bond acceptors (Lipinski definition) is 4. The van der Waals surface area contributed by atoms with Crippen molar-refractivity contribution >= 4 is 0 Å². The Balaban J connectivity index is 1.46. The second-order valence-corrected chi connectivity index (χ2v) is 6.50. The number of pyridine rings is 1. The van der Waals surface area contributed by atoms with Crippen LogP contribution in [0.1, 0.15) is 29.8 Å². The smallest absolute Gasteiger partial charge is 0.177 e. The summed E-state index contributed by atoms with van der Waals surface area (Å²) >= 11 is 0. The van der Waals surface area contributed by atoms with E-state index in [4.69, 9.17) is 14.2 Å². The van der Waals surface area contributed by atoms with E-state index < -0.39 is 0 Å². The Labute approximate surface area is 153 Å². The minimum atomic E-state index is -0.243. The van der Waals surface area contributed by atoms with Crippen LogP contribution in [0.4, 0.5) is 0 Å². The molecule has 0 bridgehead atoms. The van der Waals surface area contributed by atoms with Crippen molar-refractivity contribution in [3.8, 4) is 17.2 Å². The lowest BCUT2D eigenvalue weighted by atomic mass is 10.1. The van der Waals surface area contributed by atoms with Crippen LogP contribution in [0.5, 0.6) is 17.2 Å². The third-order valence-electron chi connectivity index (χ3n) is 4.39. The minimum Gasteiger partial charge on any atom is -0.487 e. The summed E-state index contributed by atoms with van der Waals surface area (Å²) < 4.78 is 17.9. The van der Waals surface area contributed by atoms with E-state index in [0.29, 0.717) is 6.61 Å². The van der Waals surface area contributed by atoms with Crippen molar-refractivity contribution in [2.45, 2.75) is 32.7 Å². The molecule has 2 atom stereocenters. The molecule has 2 heterocycles. The van der Waals surface area contributed by atoms with Crippen molar-refractivity contribution in [1.82, 2.24) is 4.98 Å². The molecule has 0 fully saturated rings. The van der Waals surface area contributed by atoms with Gasteiger partial charge in [0.2, 0.25) is 0 Å². The van der Waals surface area contributed by atoms with Crippen LogP contribution >= 0.6 is 0 Å². The largest absolute Gasteiger partial charge is 0.487 e. The summed E-state index contributed by atoms with van der Waals surface area (Å²) in [6, 6.07) is 19.9. The van der Waals surface area contributed by atoms with E-state index in [-0.39, 0.29) is 12.2 Å². The molecule has 0 saturated carbocycles. The Kier molecular flexibility index (Phi) is 4.48.